The fourth-order valence-electron chi connectivity index (χ4n) is 2.19. The Hall–Kier alpha value is -2.31. The molecule has 0 unspecified atom stereocenters. The highest BCUT2D eigenvalue weighted by atomic mass is 32.2. The first-order chi connectivity index (χ1) is 10.8. The molecule has 3 heterocycles. The number of fused-ring (bicyclic) bond motifs is 3. The predicted molar refractivity (Wildman–Crippen MR) is 88.7 cm³/mol. The maximum absolute atomic E-state index is 10.9. The number of nitrogens with zero attached hydrogens (tertiary/aromatic N) is 3. The zero-order valence-corrected chi connectivity index (χ0v) is 12.9. The normalized spacial score (nSPS) is 11.1. The molecule has 0 radical (unpaired) electrons. The lowest BCUT2D eigenvalue weighted by Gasteiger charge is -2.01. The van der Waals surface area contributed by atoms with Gasteiger partial charge in [0, 0.05) is 22.0 Å². The molecule has 4 rings (SSSR count). The maximum Gasteiger partial charge on any atom is 0.151 e. The minimum atomic E-state index is 0.558. The van der Waals surface area contributed by atoms with E-state index in [-0.39, 0.29) is 0 Å². The molecule has 0 spiro atoms. The lowest BCUT2D eigenvalue weighted by Crippen LogP contribution is -1.84. The van der Waals surface area contributed by atoms with Gasteiger partial charge in [-0.3, -0.25) is 4.79 Å². The Morgan fingerprint density at radius 2 is 1.95 bits per heavy atom. The molecule has 22 heavy (non-hydrogen) atoms. The van der Waals surface area contributed by atoms with Gasteiger partial charge in [-0.25, -0.2) is 15.0 Å². The number of aldehydes is 1. The third-order valence-corrected chi connectivity index (χ3v) is 5.44. The van der Waals surface area contributed by atoms with Crippen LogP contribution in [0.3, 0.4) is 0 Å². The molecule has 0 saturated heterocycles. The average Bonchev–Trinajstić information content (AvgIpc) is 2.95. The van der Waals surface area contributed by atoms with Crippen LogP contribution in [0.2, 0.25) is 0 Å². The summed E-state index contributed by atoms with van der Waals surface area (Å²) >= 11 is 3.16. The first-order valence-corrected chi connectivity index (χ1v) is 8.20. The Morgan fingerprint density at radius 1 is 1.09 bits per heavy atom. The van der Waals surface area contributed by atoms with Gasteiger partial charge in [0.25, 0.3) is 0 Å². The molecule has 0 aliphatic rings. The van der Waals surface area contributed by atoms with Crippen LogP contribution in [0.1, 0.15) is 10.4 Å². The topological polar surface area (TPSA) is 55.7 Å². The summed E-state index contributed by atoms with van der Waals surface area (Å²) in [5, 5.41) is 1.81. The first kappa shape index (κ1) is 13.4. The Kier molecular flexibility index (Phi) is 3.32. The molecule has 106 valence electrons. The standard InChI is InChI=1S/C16H9N3OS2/c20-8-10-6-12-13-14(22-15(12)17-7-10)16(19-9-18-13)21-11-4-2-1-3-5-11/h1-9H. The van der Waals surface area contributed by atoms with Crippen LogP contribution in [0, 0.1) is 0 Å². The van der Waals surface area contributed by atoms with E-state index in [2.05, 4.69) is 27.1 Å². The molecule has 0 atom stereocenters. The van der Waals surface area contributed by atoms with E-state index < -0.39 is 0 Å². The molecule has 4 aromatic rings. The van der Waals surface area contributed by atoms with Gasteiger partial charge in [0.1, 0.15) is 16.2 Å². The molecule has 0 N–H and O–H groups in total. The van der Waals surface area contributed by atoms with Crippen molar-refractivity contribution in [1.82, 2.24) is 15.0 Å². The van der Waals surface area contributed by atoms with Gasteiger partial charge in [-0.05, 0) is 18.2 Å². The second-order valence-corrected chi connectivity index (χ2v) is 6.67. The second kappa shape index (κ2) is 5.47. The summed E-state index contributed by atoms with van der Waals surface area (Å²) < 4.78 is 1.00. The van der Waals surface area contributed by atoms with E-state index in [0.29, 0.717) is 5.56 Å². The summed E-state index contributed by atoms with van der Waals surface area (Å²) in [6.07, 6.45) is 3.95. The van der Waals surface area contributed by atoms with Crippen LogP contribution >= 0.6 is 23.1 Å². The quantitative estimate of drug-likeness (QED) is 0.418. The summed E-state index contributed by atoms with van der Waals surface area (Å²) in [5.74, 6) is 0. The van der Waals surface area contributed by atoms with Gasteiger partial charge in [-0.15, -0.1) is 11.3 Å². The van der Waals surface area contributed by atoms with Crippen LogP contribution in [0.25, 0.3) is 20.4 Å². The van der Waals surface area contributed by atoms with Crippen molar-refractivity contribution in [3.8, 4) is 0 Å². The Balaban J connectivity index is 1.91. The number of benzene rings is 1. The van der Waals surface area contributed by atoms with E-state index in [0.717, 1.165) is 36.6 Å². The highest BCUT2D eigenvalue weighted by molar-refractivity contribution is 7.99. The zero-order valence-electron chi connectivity index (χ0n) is 11.3. The third-order valence-electron chi connectivity index (χ3n) is 3.19. The number of rotatable bonds is 3. The van der Waals surface area contributed by atoms with E-state index >= 15 is 0 Å². The van der Waals surface area contributed by atoms with E-state index in [9.17, 15) is 4.79 Å². The molecule has 0 bridgehead atoms. The fourth-order valence-corrected chi connectivity index (χ4v) is 4.21. The first-order valence-electron chi connectivity index (χ1n) is 6.56. The lowest BCUT2D eigenvalue weighted by molar-refractivity contribution is 0.112. The van der Waals surface area contributed by atoms with Crippen LogP contribution < -0.4 is 0 Å². The van der Waals surface area contributed by atoms with Gasteiger partial charge in [0.05, 0.1) is 10.2 Å². The molecule has 1 aromatic carbocycles. The molecule has 6 heteroatoms. The SMILES string of the molecule is O=Cc1cnc2sc3c(Sc4ccccc4)ncnc3c2c1. The van der Waals surface area contributed by atoms with Crippen molar-refractivity contribution in [3.63, 3.8) is 0 Å². The van der Waals surface area contributed by atoms with Crippen molar-refractivity contribution in [2.24, 2.45) is 0 Å². The maximum atomic E-state index is 10.9. The van der Waals surface area contributed by atoms with Gasteiger partial charge >= 0.3 is 0 Å². The molecule has 0 amide bonds. The van der Waals surface area contributed by atoms with Gasteiger partial charge in [-0.1, -0.05) is 30.0 Å². The minimum Gasteiger partial charge on any atom is -0.298 e. The molecular formula is C16H9N3OS2. The Morgan fingerprint density at radius 3 is 2.77 bits per heavy atom. The molecule has 0 aliphatic carbocycles. The number of hydrogen-bond donors (Lipinski definition) is 0. The van der Waals surface area contributed by atoms with E-state index in [1.54, 1.807) is 35.6 Å². The van der Waals surface area contributed by atoms with Crippen molar-refractivity contribution >= 4 is 49.8 Å². The molecule has 0 fully saturated rings. The Bertz CT molecular complexity index is 983. The number of aromatic nitrogens is 3. The van der Waals surface area contributed by atoms with Gasteiger partial charge < -0.3 is 0 Å². The zero-order chi connectivity index (χ0) is 14.9. The third kappa shape index (κ3) is 2.26. The number of carbonyl (C=O) groups is 1. The average molecular weight is 323 g/mol. The summed E-state index contributed by atoms with van der Waals surface area (Å²) in [5.41, 5.74) is 1.41. The van der Waals surface area contributed by atoms with Crippen molar-refractivity contribution in [2.75, 3.05) is 0 Å². The largest absolute Gasteiger partial charge is 0.298 e. The van der Waals surface area contributed by atoms with Gasteiger partial charge in [-0.2, -0.15) is 0 Å². The van der Waals surface area contributed by atoms with E-state index in [1.807, 2.05) is 24.3 Å². The summed E-state index contributed by atoms with van der Waals surface area (Å²) in [6, 6.07) is 11.9. The highest BCUT2D eigenvalue weighted by Crippen LogP contribution is 2.38. The van der Waals surface area contributed by atoms with Crippen LogP contribution in [0.15, 0.2) is 58.8 Å². The minimum absolute atomic E-state index is 0.558. The van der Waals surface area contributed by atoms with Crippen LogP contribution in [-0.4, -0.2) is 21.2 Å². The number of pyridine rings is 1. The van der Waals surface area contributed by atoms with Crippen molar-refractivity contribution < 1.29 is 4.79 Å². The molecule has 0 saturated carbocycles. The Labute approximate surface area is 134 Å². The molecule has 4 nitrogen and oxygen atoms in total. The highest BCUT2D eigenvalue weighted by Gasteiger charge is 2.13. The van der Waals surface area contributed by atoms with E-state index in [4.69, 9.17) is 0 Å². The number of thiophene rings is 1. The predicted octanol–water partition coefficient (Wildman–Crippen LogP) is 4.20. The van der Waals surface area contributed by atoms with Crippen molar-refractivity contribution in [3.05, 3.63) is 54.5 Å². The van der Waals surface area contributed by atoms with Crippen molar-refractivity contribution in [1.29, 1.82) is 0 Å². The van der Waals surface area contributed by atoms with Gasteiger partial charge in [0.15, 0.2) is 6.29 Å². The lowest BCUT2D eigenvalue weighted by atomic mass is 10.2. The van der Waals surface area contributed by atoms with Gasteiger partial charge in [0.2, 0.25) is 0 Å². The van der Waals surface area contributed by atoms with Crippen molar-refractivity contribution in [2.45, 2.75) is 9.92 Å². The van der Waals surface area contributed by atoms with E-state index in [1.165, 1.54) is 0 Å². The molecule has 3 aromatic heterocycles. The summed E-state index contributed by atoms with van der Waals surface area (Å²) in [6.45, 7) is 0. The molecular weight excluding hydrogens is 314 g/mol. The van der Waals surface area contributed by atoms with Crippen LogP contribution in [-0.2, 0) is 0 Å². The molecule has 0 aliphatic heterocycles. The number of carbonyl (C=O) groups excluding carboxylic acids is 1. The number of hydrogen-bond acceptors (Lipinski definition) is 6. The summed E-state index contributed by atoms with van der Waals surface area (Å²) in [4.78, 5) is 26.1. The fraction of sp³-hybridized carbons (Fsp3) is 0. The monoisotopic (exact) mass is 323 g/mol. The van der Waals surface area contributed by atoms with Crippen LogP contribution in [0.4, 0.5) is 0 Å². The second-order valence-electron chi connectivity index (χ2n) is 4.61. The smallest absolute Gasteiger partial charge is 0.151 e. The summed E-state index contributed by atoms with van der Waals surface area (Å²) in [7, 11) is 0. The van der Waals surface area contributed by atoms with Crippen LogP contribution in [0.5, 0.6) is 0 Å².